The van der Waals surface area contributed by atoms with E-state index < -0.39 is 0 Å². The van der Waals surface area contributed by atoms with Crippen molar-refractivity contribution >= 4 is 22.6 Å². The van der Waals surface area contributed by atoms with Crippen LogP contribution in [0.3, 0.4) is 0 Å². The van der Waals surface area contributed by atoms with Crippen LogP contribution in [-0.2, 0) is 4.74 Å². The summed E-state index contributed by atoms with van der Waals surface area (Å²) >= 11 is 2.34. The Labute approximate surface area is 73.7 Å². The van der Waals surface area contributed by atoms with Crippen LogP contribution < -0.4 is 0 Å². The fourth-order valence-corrected chi connectivity index (χ4v) is 2.65. The molecule has 1 aliphatic carbocycles. The fourth-order valence-electron chi connectivity index (χ4n) is 1.84. The van der Waals surface area contributed by atoms with Gasteiger partial charge in [-0.2, -0.15) is 5.26 Å². The Balaban J connectivity index is 2.10. The van der Waals surface area contributed by atoms with Gasteiger partial charge in [0.05, 0.1) is 11.7 Å². The number of hydrogen-bond donors (Lipinski definition) is 0. The van der Waals surface area contributed by atoms with E-state index in [1.165, 1.54) is 0 Å². The minimum absolute atomic E-state index is 0.0882. The van der Waals surface area contributed by atoms with Gasteiger partial charge in [0.2, 0.25) is 0 Å². The molecule has 0 amide bonds. The molecular weight excluding hydrogens is 241 g/mol. The van der Waals surface area contributed by atoms with Crippen molar-refractivity contribution in [2.45, 2.75) is 24.5 Å². The first-order valence-corrected chi connectivity index (χ1v) is 4.96. The highest BCUT2D eigenvalue weighted by Gasteiger charge is 2.57. The van der Waals surface area contributed by atoms with Crippen LogP contribution in [0.4, 0.5) is 0 Å². The van der Waals surface area contributed by atoms with Crippen molar-refractivity contribution < 1.29 is 4.74 Å². The average molecular weight is 249 g/mol. The molecule has 0 aromatic heterocycles. The monoisotopic (exact) mass is 249 g/mol. The zero-order valence-electron chi connectivity index (χ0n) is 5.51. The van der Waals surface area contributed by atoms with Gasteiger partial charge < -0.3 is 4.74 Å². The average Bonchev–Trinajstić information content (AvgIpc) is 2.38. The molecule has 0 aromatic carbocycles. The molecule has 1 atom stereocenters. The van der Waals surface area contributed by atoms with Gasteiger partial charge in [-0.15, -0.1) is 0 Å². The predicted octanol–water partition coefficient (Wildman–Crippen LogP) is 1.49. The van der Waals surface area contributed by atoms with Gasteiger partial charge in [0.25, 0.3) is 0 Å². The molecule has 2 heterocycles. The van der Waals surface area contributed by atoms with Crippen molar-refractivity contribution in [3.8, 4) is 6.07 Å². The first kappa shape index (κ1) is 6.86. The van der Waals surface area contributed by atoms with Crippen LogP contribution >= 0.6 is 22.6 Å². The zero-order valence-corrected chi connectivity index (χ0v) is 7.67. The summed E-state index contributed by atoms with van der Waals surface area (Å²) < 4.78 is 6.59. The number of fused-ring (bicyclic) bond motifs is 1. The summed E-state index contributed by atoms with van der Waals surface area (Å²) in [5.74, 6) is 0.555. The Bertz CT molecular complexity index is 192. The highest BCUT2D eigenvalue weighted by atomic mass is 127. The quantitative estimate of drug-likeness (QED) is 0.521. The summed E-state index contributed by atoms with van der Waals surface area (Å²) in [5, 5.41) is 8.60. The van der Waals surface area contributed by atoms with E-state index in [9.17, 15) is 0 Å². The Morgan fingerprint density at radius 2 is 2.40 bits per heavy atom. The normalized spacial score (nSPS) is 50.0. The van der Waals surface area contributed by atoms with Crippen molar-refractivity contribution in [3.05, 3.63) is 0 Å². The van der Waals surface area contributed by atoms with Crippen molar-refractivity contribution in [2.75, 3.05) is 4.43 Å². The lowest BCUT2D eigenvalue weighted by Gasteiger charge is -2.33. The van der Waals surface area contributed by atoms with E-state index in [0.29, 0.717) is 5.92 Å². The minimum Gasteiger partial charge on any atom is -0.356 e. The second-order valence-electron chi connectivity index (χ2n) is 3.15. The van der Waals surface area contributed by atoms with Crippen LogP contribution in [0.2, 0.25) is 0 Å². The van der Waals surface area contributed by atoms with Gasteiger partial charge in [0, 0.05) is 10.3 Å². The molecule has 2 bridgehead atoms. The van der Waals surface area contributed by atoms with Gasteiger partial charge >= 0.3 is 0 Å². The molecule has 2 aliphatic heterocycles. The van der Waals surface area contributed by atoms with Gasteiger partial charge in [-0.1, -0.05) is 22.6 Å². The summed E-state index contributed by atoms with van der Waals surface area (Å²) in [6.45, 7) is 0. The third-order valence-electron chi connectivity index (χ3n) is 2.44. The Hall–Kier alpha value is 0.180. The summed E-state index contributed by atoms with van der Waals surface area (Å²) in [5.41, 5.74) is 0.117. The smallest absolute Gasteiger partial charge is 0.147 e. The van der Waals surface area contributed by atoms with Gasteiger partial charge in [0.1, 0.15) is 6.10 Å². The van der Waals surface area contributed by atoms with Crippen molar-refractivity contribution in [1.82, 2.24) is 0 Å². The molecule has 3 rings (SSSR count). The largest absolute Gasteiger partial charge is 0.356 e. The summed E-state index contributed by atoms with van der Waals surface area (Å²) in [6, 6.07) is 2.19. The SMILES string of the molecule is N#CC1OC2(CI)CC1C2. The lowest BCUT2D eigenvalue weighted by atomic mass is 9.74. The molecule has 1 unspecified atom stereocenters. The Morgan fingerprint density at radius 3 is 2.70 bits per heavy atom. The third-order valence-corrected chi connectivity index (χ3v) is 3.83. The van der Waals surface area contributed by atoms with Crippen LogP contribution in [-0.4, -0.2) is 16.1 Å². The van der Waals surface area contributed by atoms with Gasteiger partial charge in [0.15, 0.2) is 0 Å². The van der Waals surface area contributed by atoms with Crippen LogP contribution in [0, 0.1) is 17.2 Å². The van der Waals surface area contributed by atoms with Crippen LogP contribution in [0.1, 0.15) is 12.8 Å². The molecule has 3 heteroatoms. The van der Waals surface area contributed by atoms with Crippen molar-refractivity contribution in [2.24, 2.45) is 5.92 Å². The molecule has 0 aromatic rings. The molecule has 3 fully saturated rings. The highest BCUT2D eigenvalue weighted by molar-refractivity contribution is 14.1. The molecule has 1 saturated carbocycles. The van der Waals surface area contributed by atoms with E-state index in [1.807, 2.05) is 0 Å². The molecule has 0 spiro atoms. The Morgan fingerprint density at radius 1 is 1.70 bits per heavy atom. The first-order valence-electron chi connectivity index (χ1n) is 3.43. The lowest BCUT2D eigenvalue weighted by molar-refractivity contribution is 0.0131. The molecule has 0 radical (unpaired) electrons. The second kappa shape index (κ2) is 2.08. The standard InChI is InChI=1S/C7H8INO/c8-4-7-1-5(2-7)6(3-9)10-7/h5-6H,1-2,4H2. The zero-order chi connectivity index (χ0) is 7.19. The predicted molar refractivity (Wildman–Crippen MR) is 44.8 cm³/mol. The topological polar surface area (TPSA) is 33.0 Å². The third kappa shape index (κ3) is 0.721. The van der Waals surface area contributed by atoms with E-state index in [-0.39, 0.29) is 11.7 Å². The number of nitrogens with zero attached hydrogens (tertiary/aromatic N) is 1. The molecule has 2 nitrogen and oxygen atoms in total. The summed E-state index contributed by atoms with van der Waals surface area (Å²) in [7, 11) is 0. The van der Waals surface area contributed by atoms with Crippen molar-refractivity contribution in [1.29, 1.82) is 5.26 Å². The fraction of sp³-hybridized carbons (Fsp3) is 0.857. The molecule has 2 saturated heterocycles. The van der Waals surface area contributed by atoms with E-state index in [4.69, 9.17) is 10.00 Å². The molecular formula is C7H8INO. The second-order valence-corrected chi connectivity index (χ2v) is 3.92. The van der Waals surface area contributed by atoms with Gasteiger partial charge in [-0.05, 0) is 12.8 Å². The number of halogens is 1. The molecule has 54 valence electrons. The number of rotatable bonds is 1. The van der Waals surface area contributed by atoms with E-state index in [0.717, 1.165) is 17.3 Å². The number of hydrogen-bond acceptors (Lipinski definition) is 2. The number of ether oxygens (including phenoxy) is 1. The van der Waals surface area contributed by atoms with Gasteiger partial charge in [-0.25, -0.2) is 0 Å². The van der Waals surface area contributed by atoms with Crippen LogP contribution in [0.15, 0.2) is 0 Å². The molecule has 3 aliphatic rings. The Kier molecular flexibility index (Phi) is 1.43. The molecule has 0 N–H and O–H groups in total. The van der Waals surface area contributed by atoms with Crippen molar-refractivity contribution in [3.63, 3.8) is 0 Å². The molecule has 10 heavy (non-hydrogen) atoms. The summed E-state index contributed by atoms with van der Waals surface area (Å²) in [6.07, 6.45) is 2.15. The maximum Gasteiger partial charge on any atom is 0.147 e. The maximum atomic E-state index is 8.60. The van der Waals surface area contributed by atoms with E-state index in [1.54, 1.807) is 0 Å². The van der Waals surface area contributed by atoms with Crippen LogP contribution in [0.5, 0.6) is 0 Å². The maximum absolute atomic E-state index is 8.60. The minimum atomic E-state index is -0.0882. The summed E-state index contributed by atoms with van der Waals surface area (Å²) in [4.78, 5) is 0. The van der Waals surface area contributed by atoms with E-state index in [2.05, 4.69) is 28.7 Å². The first-order chi connectivity index (χ1) is 4.79. The highest BCUT2D eigenvalue weighted by Crippen LogP contribution is 2.52. The van der Waals surface area contributed by atoms with Gasteiger partial charge in [-0.3, -0.25) is 0 Å². The lowest BCUT2D eigenvalue weighted by Crippen LogP contribution is -2.37. The van der Waals surface area contributed by atoms with Crippen LogP contribution in [0.25, 0.3) is 0 Å². The number of nitriles is 1. The number of alkyl halides is 1. The van der Waals surface area contributed by atoms with E-state index >= 15 is 0 Å².